The number of hydrogen-bond acceptors (Lipinski definition) is 5. The molecule has 3 heterocycles. The monoisotopic (exact) mass is 260 g/mol. The smallest absolute Gasteiger partial charge is 0.257 e. The van der Waals surface area contributed by atoms with E-state index in [-0.39, 0.29) is 11.5 Å². The Morgan fingerprint density at radius 2 is 2.37 bits per heavy atom. The van der Waals surface area contributed by atoms with E-state index in [1.54, 1.807) is 6.33 Å². The molecule has 2 aromatic rings. The summed E-state index contributed by atoms with van der Waals surface area (Å²) < 4.78 is 1.92. The SMILES string of the molecule is Cn1cnc(CN2CCc3nc(N)[nH]c(=O)c3C2)c1. The number of anilines is 1. The third-order valence-electron chi connectivity index (χ3n) is 3.31. The molecule has 3 rings (SSSR count). The van der Waals surface area contributed by atoms with Crippen LogP contribution in [0.3, 0.4) is 0 Å². The highest BCUT2D eigenvalue weighted by atomic mass is 16.1. The quantitative estimate of drug-likeness (QED) is 0.769. The molecule has 19 heavy (non-hydrogen) atoms. The maximum absolute atomic E-state index is 11.9. The lowest BCUT2D eigenvalue weighted by atomic mass is 10.1. The van der Waals surface area contributed by atoms with Gasteiger partial charge in [-0.25, -0.2) is 9.97 Å². The van der Waals surface area contributed by atoms with Gasteiger partial charge in [0.2, 0.25) is 5.95 Å². The fraction of sp³-hybridized carbons (Fsp3) is 0.417. The second kappa shape index (κ2) is 4.51. The van der Waals surface area contributed by atoms with Crippen molar-refractivity contribution in [3.05, 3.63) is 39.8 Å². The summed E-state index contributed by atoms with van der Waals surface area (Å²) in [4.78, 5) is 25.1. The van der Waals surface area contributed by atoms with Gasteiger partial charge in [-0.1, -0.05) is 0 Å². The number of fused-ring (bicyclic) bond motifs is 1. The van der Waals surface area contributed by atoms with Gasteiger partial charge < -0.3 is 10.3 Å². The van der Waals surface area contributed by atoms with Crippen LogP contribution in [-0.2, 0) is 26.6 Å². The first-order chi connectivity index (χ1) is 9.11. The van der Waals surface area contributed by atoms with E-state index in [0.29, 0.717) is 6.54 Å². The van der Waals surface area contributed by atoms with Gasteiger partial charge in [-0.3, -0.25) is 14.7 Å². The molecule has 2 aromatic heterocycles. The van der Waals surface area contributed by atoms with E-state index in [4.69, 9.17) is 5.73 Å². The Morgan fingerprint density at radius 1 is 1.53 bits per heavy atom. The molecule has 0 atom stereocenters. The number of aromatic amines is 1. The van der Waals surface area contributed by atoms with Gasteiger partial charge >= 0.3 is 0 Å². The molecule has 0 fully saturated rings. The number of nitrogens with two attached hydrogens (primary N) is 1. The van der Waals surface area contributed by atoms with Crippen molar-refractivity contribution in [2.24, 2.45) is 7.05 Å². The number of hydrogen-bond donors (Lipinski definition) is 2. The first kappa shape index (κ1) is 11.9. The van der Waals surface area contributed by atoms with Crippen LogP contribution in [0.25, 0.3) is 0 Å². The zero-order chi connectivity index (χ0) is 13.4. The molecule has 7 heteroatoms. The lowest BCUT2D eigenvalue weighted by molar-refractivity contribution is 0.239. The van der Waals surface area contributed by atoms with E-state index in [2.05, 4.69) is 19.9 Å². The largest absolute Gasteiger partial charge is 0.369 e. The molecule has 0 saturated heterocycles. The molecule has 1 aliphatic rings. The number of aryl methyl sites for hydroxylation is 1. The fourth-order valence-electron chi connectivity index (χ4n) is 2.41. The summed E-state index contributed by atoms with van der Waals surface area (Å²) in [6, 6.07) is 0. The maximum atomic E-state index is 11.9. The topological polar surface area (TPSA) is 92.8 Å². The Balaban J connectivity index is 1.80. The summed E-state index contributed by atoms with van der Waals surface area (Å²) >= 11 is 0. The van der Waals surface area contributed by atoms with Crippen molar-refractivity contribution in [2.45, 2.75) is 19.5 Å². The summed E-state index contributed by atoms with van der Waals surface area (Å²) in [5, 5.41) is 0. The molecule has 0 radical (unpaired) electrons. The van der Waals surface area contributed by atoms with Crippen LogP contribution in [0.4, 0.5) is 5.95 Å². The van der Waals surface area contributed by atoms with Gasteiger partial charge in [0.15, 0.2) is 0 Å². The summed E-state index contributed by atoms with van der Waals surface area (Å²) in [5.41, 5.74) is 7.96. The molecular formula is C12H16N6O. The van der Waals surface area contributed by atoms with Crippen LogP contribution in [-0.4, -0.2) is 31.0 Å². The van der Waals surface area contributed by atoms with Crippen molar-refractivity contribution in [3.63, 3.8) is 0 Å². The van der Waals surface area contributed by atoms with Crippen LogP contribution in [0.5, 0.6) is 0 Å². The van der Waals surface area contributed by atoms with E-state index < -0.39 is 0 Å². The first-order valence-electron chi connectivity index (χ1n) is 6.18. The standard InChI is InChI=1S/C12H16N6O/c1-17-4-8(14-7-17)5-18-3-2-10-9(6-18)11(19)16-12(13)15-10/h4,7H,2-3,5-6H2,1H3,(H3,13,15,16,19). The minimum Gasteiger partial charge on any atom is -0.369 e. The van der Waals surface area contributed by atoms with Gasteiger partial charge in [-0.15, -0.1) is 0 Å². The first-order valence-corrected chi connectivity index (χ1v) is 6.18. The average molecular weight is 260 g/mol. The van der Waals surface area contributed by atoms with Crippen molar-refractivity contribution in [1.82, 2.24) is 24.4 Å². The van der Waals surface area contributed by atoms with Gasteiger partial charge in [0.1, 0.15) is 0 Å². The number of H-pyrrole nitrogens is 1. The normalized spacial score (nSPS) is 15.4. The Hall–Kier alpha value is -2.15. The number of nitrogens with zero attached hydrogens (tertiary/aromatic N) is 4. The highest BCUT2D eigenvalue weighted by molar-refractivity contribution is 5.27. The number of rotatable bonds is 2. The summed E-state index contributed by atoms with van der Waals surface area (Å²) in [6.07, 6.45) is 4.51. The van der Waals surface area contributed by atoms with Crippen LogP contribution >= 0.6 is 0 Å². The molecule has 1 aliphatic heterocycles. The number of imidazole rings is 1. The van der Waals surface area contributed by atoms with Crippen LogP contribution in [0.15, 0.2) is 17.3 Å². The molecule has 0 aromatic carbocycles. The molecule has 3 N–H and O–H groups in total. The molecule has 0 bridgehead atoms. The molecule has 7 nitrogen and oxygen atoms in total. The average Bonchev–Trinajstić information content (AvgIpc) is 2.75. The zero-order valence-electron chi connectivity index (χ0n) is 10.8. The van der Waals surface area contributed by atoms with E-state index in [9.17, 15) is 4.79 Å². The van der Waals surface area contributed by atoms with Gasteiger partial charge in [-0.05, 0) is 0 Å². The molecule has 0 saturated carbocycles. The third-order valence-corrected chi connectivity index (χ3v) is 3.31. The number of nitrogens with one attached hydrogen (secondary N) is 1. The highest BCUT2D eigenvalue weighted by Gasteiger charge is 2.21. The second-order valence-electron chi connectivity index (χ2n) is 4.87. The van der Waals surface area contributed by atoms with Gasteiger partial charge in [0, 0.05) is 39.3 Å². The van der Waals surface area contributed by atoms with Gasteiger partial charge in [0.05, 0.1) is 23.3 Å². The van der Waals surface area contributed by atoms with Crippen LogP contribution in [0.1, 0.15) is 17.0 Å². The Bertz CT molecular complexity index is 658. The molecule has 0 aliphatic carbocycles. The molecule has 100 valence electrons. The predicted octanol–water partition coefficient (Wildman–Crippen LogP) is -0.356. The maximum Gasteiger partial charge on any atom is 0.257 e. The van der Waals surface area contributed by atoms with Crippen molar-refractivity contribution >= 4 is 5.95 Å². The zero-order valence-corrected chi connectivity index (χ0v) is 10.8. The van der Waals surface area contributed by atoms with Crippen molar-refractivity contribution < 1.29 is 0 Å². The van der Waals surface area contributed by atoms with Crippen molar-refractivity contribution in [2.75, 3.05) is 12.3 Å². The van der Waals surface area contributed by atoms with Crippen LogP contribution in [0, 0.1) is 0 Å². The summed E-state index contributed by atoms with van der Waals surface area (Å²) in [5.74, 6) is 0.196. The van der Waals surface area contributed by atoms with Crippen LogP contribution < -0.4 is 11.3 Å². The molecular weight excluding hydrogens is 244 g/mol. The molecule has 0 spiro atoms. The van der Waals surface area contributed by atoms with Crippen LogP contribution in [0.2, 0.25) is 0 Å². The lowest BCUT2D eigenvalue weighted by Crippen LogP contribution is -2.35. The number of aromatic nitrogens is 4. The fourth-order valence-corrected chi connectivity index (χ4v) is 2.41. The Morgan fingerprint density at radius 3 is 3.11 bits per heavy atom. The summed E-state index contributed by atoms with van der Waals surface area (Å²) in [7, 11) is 1.94. The molecule has 0 unspecified atom stereocenters. The lowest BCUT2D eigenvalue weighted by Gasteiger charge is -2.26. The minimum atomic E-state index is -0.131. The van der Waals surface area contributed by atoms with E-state index in [1.165, 1.54) is 0 Å². The van der Waals surface area contributed by atoms with Gasteiger partial charge in [0.25, 0.3) is 5.56 Å². The van der Waals surface area contributed by atoms with Gasteiger partial charge in [-0.2, -0.15) is 0 Å². The third kappa shape index (κ3) is 2.37. The summed E-state index contributed by atoms with van der Waals surface area (Å²) in [6.45, 7) is 2.19. The van der Waals surface area contributed by atoms with Crippen molar-refractivity contribution in [1.29, 1.82) is 0 Å². The predicted molar refractivity (Wildman–Crippen MR) is 70.3 cm³/mol. The minimum absolute atomic E-state index is 0.131. The second-order valence-corrected chi connectivity index (χ2v) is 4.87. The van der Waals surface area contributed by atoms with E-state index in [0.717, 1.165) is 36.5 Å². The number of nitrogen functional groups attached to an aromatic ring is 1. The molecule has 0 amide bonds. The van der Waals surface area contributed by atoms with E-state index in [1.807, 2.05) is 17.8 Å². The Labute approximate surface area is 110 Å². The highest BCUT2D eigenvalue weighted by Crippen LogP contribution is 2.15. The van der Waals surface area contributed by atoms with E-state index >= 15 is 0 Å². The Kier molecular flexibility index (Phi) is 2.83. The van der Waals surface area contributed by atoms with Crippen molar-refractivity contribution in [3.8, 4) is 0 Å².